The SMILES string of the molecule is O=C(C1CCN(C(=O)C2CC(=O)N(c3ccccc3)C2)CC1)N1CCC(Cc2ccccc2)CC1. The van der Waals surface area contributed by atoms with Gasteiger partial charge in [0.1, 0.15) is 0 Å². The number of rotatable bonds is 5. The van der Waals surface area contributed by atoms with Gasteiger partial charge < -0.3 is 14.7 Å². The molecule has 184 valence electrons. The second-order valence-electron chi connectivity index (χ2n) is 10.3. The standard InChI is InChI=1S/C29H35N3O3/c33-27-20-25(21-32(27)26-9-5-2-6-10-26)29(35)31-17-13-24(14-18-31)28(34)30-15-11-23(12-16-30)19-22-7-3-1-4-8-22/h1-10,23-25H,11-21H2. The van der Waals surface area contributed by atoms with Crippen molar-refractivity contribution < 1.29 is 14.4 Å². The summed E-state index contributed by atoms with van der Waals surface area (Å²) < 4.78 is 0. The van der Waals surface area contributed by atoms with E-state index in [0.717, 1.165) is 50.9 Å². The lowest BCUT2D eigenvalue weighted by molar-refractivity contribution is -0.143. The summed E-state index contributed by atoms with van der Waals surface area (Å²) in [6.45, 7) is 3.34. The van der Waals surface area contributed by atoms with Gasteiger partial charge in [0.2, 0.25) is 17.7 Å². The van der Waals surface area contributed by atoms with Crippen molar-refractivity contribution in [2.45, 2.75) is 38.5 Å². The normalized spacial score (nSPS) is 22.0. The maximum atomic E-state index is 13.2. The fraction of sp³-hybridized carbons (Fsp3) is 0.483. The van der Waals surface area contributed by atoms with Gasteiger partial charge in [-0.3, -0.25) is 14.4 Å². The Hall–Kier alpha value is -3.15. The number of amides is 3. The van der Waals surface area contributed by atoms with E-state index in [1.54, 1.807) is 4.90 Å². The Morgan fingerprint density at radius 1 is 0.714 bits per heavy atom. The van der Waals surface area contributed by atoms with Crippen LogP contribution in [0.4, 0.5) is 5.69 Å². The minimum Gasteiger partial charge on any atom is -0.342 e. The van der Waals surface area contributed by atoms with Crippen molar-refractivity contribution in [2.75, 3.05) is 37.6 Å². The van der Waals surface area contributed by atoms with Gasteiger partial charge in [0.05, 0.1) is 5.92 Å². The number of hydrogen-bond donors (Lipinski definition) is 0. The summed E-state index contributed by atoms with van der Waals surface area (Å²) in [6, 6.07) is 20.2. The first-order chi connectivity index (χ1) is 17.1. The van der Waals surface area contributed by atoms with Crippen molar-refractivity contribution in [1.82, 2.24) is 9.80 Å². The van der Waals surface area contributed by atoms with Crippen molar-refractivity contribution in [3.05, 3.63) is 66.2 Å². The lowest BCUT2D eigenvalue weighted by Gasteiger charge is -2.38. The van der Waals surface area contributed by atoms with E-state index in [1.807, 2.05) is 35.2 Å². The summed E-state index contributed by atoms with van der Waals surface area (Å²) in [7, 11) is 0. The number of likely N-dealkylation sites (tertiary alicyclic amines) is 2. The molecule has 3 fully saturated rings. The summed E-state index contributed by atoms with van der Waals surface area (Å²) in [6.07, 6.45) is 4.92. The fourth-order valence-corrected chi connectivity index (χ4v) is 5.90. The number of carbonyl (C=O) groups excluding carboxylic acids is 3. The van der Waals surface area contributed by atoms with Gasteiger partial charge in [-0.1, -0.05) is 48.5 Å². The number of carbonyl (C=O) groups is 3. The van der Waals surface area contributed by atoms with E-state index < -0.39 is 0 Å². The van der Waals surface area contributed by atoms with Crippen molar-refractivity contribution >= 4 is 23.4 Å². The van der Waals surface area contributed by atoms with Crippen LogP contribution in [0.5, 0.6) is 0 Å². The van der Waals surface area contributed by atoms with E-state index in [1.165, 1.54) is 5.56 Å². The fourth-order valence-electron chi connectivity index (χ4n) is 5.90. The first-order valence-corrected chi connectivity index (χ1v) is 13.1. The summed E-state index contributed by atoms with van der Waals surface area (Å²) in [4.78, 5) is 44.5. The molecule has 0 N–H and O–H groups in total. The summed E-state index contributed by atoms with van der Waals surface area (Å²) >= 11 is 0. The Balaban J connectivity index is 1.07. The highest BCUT2D eigenvalue weighted by Gasteiger charge is 2.39. The van der Waals surface area contributed by atoms with Crippen LogP contribution < -0.4 is 4.90 Å². The minimum absolute atomic E-state index is 0.00952. The lowest BCUT2D eigenvalue weighted by atomic mass is 9.88. The molecule has 6 nitrogen and oxygen atoms in total. The van der Waals surface area contributed by atoms with E-state index in [-0.39, 0.29) is 36.0 Å². The Morgan fingerprint density at radius 2 is 1.26 bits per heavy atom. The van der Waals surface area contributed by atoms with Crippen molar-refractivity contribution in [2.24, 2.45) is 17.8 Å². The monoisotopic (exact) mass is 473 g/mol. The molecule has 6 heteroatoms. The molecule has 0 spiro atoms. The zero-order valence-corrected chi connectivity index (χ0v) is 20.4. The molecule has 35 heavy (non-hydrogen) atoms. The van der Waals surface area contributed by atoms with Crippen LogP contribution in [0.2, 0.25) is 0 Å². The first-order valence-electron chi connectivity index (χ1n) is 13.1. The topological polar surface area (TPSA) is 60.9 Å². The first kappa shape index (κ1) is 23.6. The highest BCUT2D eigenvalue weighted by Crippen LogP contribution is 2.29. The van der Waals surface area contributed by atoms with Gasteiger partial charge in [-0.15, -0.1) is 0 Å². The number of anilines is 1. The van der Waals surface area contributed by atoms with Gasteiger partial charge in [-0.05, 0) is 55.7 Å². The predicted octanol–water partition coefficient (Wildman–Crippen LogP) is 3.76. The van der Waals surface area contributed by atoms with E-state index in [0.29, 0.717) is 25.6 Å². The Bertz CT molecular complexity index is 1030. The molecular formula is C29H35N3O3. The Morgan fingerprint density at radius 3 is 1.89 bits per heavy atom. The van der Waals surface area contributed by atoms with Gasteiger partial charge in [0.25, 0.3) is 0 Å². The average Bonchev–Trinajstić information content (AvgIpc) is 3.31. The van der Waals surface area contributed by atoms with Crippen LogP contribution in [0.3, 0.4) is 0 Å². The van der Waals surface area contributed by atoms with Gasteiger partial charge in [0.15, 0.2) is 0 Å². The smallest absolute Gasteiger partial charge is 0.228 e. The molecule has 5 rings (SSSR count). The van der Waals surface area contributed by atoms with Crippen LogP contribution in [0.25, 0.3) is 0 Å². The summed E-state index contributed by atoms with van der Waals surface area (Å²) in [5.41, 5.74) is 2.23. The van der Waals surface area contributed by atoms with Gasteiger partial charge in [-0.25, -0.2) is 0 Å². The number of benzene rings is 2. The van der Waals surface area contributed by atoms with Crippen LogP contribution >= 0.6 is 0 Å². The number of piperidine rings is 2. The Kier molecular flexibility index (Phi) is 7.16. The van der Waals surface area contributed by atoms with Crippen LogP contribution in [0.1, 0.15) is 37.7 Å². The molecule has 1 atom stereocenters. The van der Waals surface area contributed by atoms with Crippen molar-refractivity contribution in [3.63, 3.8) is 0 Å². The highest BCUT2D eigenvalue weighted by atomic mass is 16.2. The third-order valence-electron chi connectivity index (χ3n) is 7.99. The van der Waals surface area contributed by atoms with Crippen molar-refractivity contribution in [1.29, 1.82) is 0 Å². The molecule has 0 radical (unpaired) electrons. The molecule has 0 bridgehead atoms. The zero-order chi connectivity index (χ0) is 24.2. The second kappa shape index (κ2) is 10.6. The molecule has 3 aliphatic rings. The van der Waals surface area contributed by atoms with E-state index >= 15 is 0 Å². The molecule has 2 aromatic carbocycles. The van der Waals surface area contributed by atoms with Gasteiger partial charge in [0, 0.05) is 50.7 Å². The third-order valence-corrected chi connectivity index (χ3v) is 7.99. The molecule has 1 unspecified atom stereocenters. The molecule has 3 aliphatic heterocycles. The quantitative estimate of drug-likeness (QED) is 0.664. The molecule has 3 amide bonds. The molecule has 3 saturated heterocycles. The van der Waals surface area contributed by atoms with E-state index in [2.05, 4.69) is 35.2 Å². The van der Waals surface area contributed by atoms with Crippen LogP contribution in [-0.4, -0.2) is 60.2 Å². The summed E-state index contributed by atoms with van der Waals surface area (Å²) in [5, 5.41) is 0. The van der Waals surface area contributed by atoms with Gasteiger partial charge in [-0.2, -0.15) is 0 Å². The second-order valence-corrected chi connectivity index (χ2v) is 10.3. The maximum absolute atomic E-state index is 13.2. The largest absolute Gasteiger partial charge is 0.342 e. The predicted molar refractivity (Wildman–Crippen MR) is 136 cm³/mol. The lowest BCUT2D eigenvalue weighted by Crippen LogP contribution is -2.48. The summed E-state index contributed by atoms with van der Waals surface area (Å²) in [5.74, 6) is 0.695. The Labute approximate surface area is 207 Å². The van der Waals surface area contributed by atoms with E-state index in [4.69, 9.17) is 0 Å². The molecule has 2 aromatic rings. The van der Waals surface area contributed by atoms with E-state index in [9.17, 15) is 14.4 Å². The van der Waals surface area contributed by atoms with Crippen LogP contribution in [-0.2, 0) is 20.8 Å². The molecule has 0 saturated carbocycles. The number of hydrogen-bond acceptors (Lipinski definition) is 3. The number of para-hydroxylation sites is 1. The molecule has 0 aliphatic carbocycles. The highest BCUT2D eigenvalue weighted by molar-refractivity contribution is 6.00. The zero-order valence-electron chi connectivity index (χ0n) is 20.4. The molecular weight excluding hydrogens is 438 g/mol. The van der Waals surface area contributed by atoms with Crippen molar-refractivity contribution in [3.8, 4) is 0 Å². The third kappa shape index (κ3) is 5.42. The number of nitrogens with zero attached hydrogens (tertiary/aromatic N) is 3. The maximum Gasteiger partial charge on any atom is 0.228 e. The van der Waals surface area contributed by atoms with Crippen LogP contribution in [0, 0.1) is 17.8 Å². The molecule has 3 heterocycles. The molecule has 0 aromatic heterocycles. The minimum atomic E-state index is -0.293. The average molecular weight is 474 g/mol. The van der Waals surface area contributed by atoms with Crippen LogP contribution in [0.15, 0.2) is 60.7 Å². The van der Waals surface area contributed by atoms with Gasteiger partial charge >= 0.3 is 0 Å².